The molecule has 0 spiro atoms. The van der Waals surface area contributed by atoms with Crippen LogP contribution in [-0.2, 0) is 22.3 Å². The van der Waals surface area contributed by atoms with Crippen LogP contribution < -0.4 is 10.1 Å². The molecule has 2 amide bonds. The Labute approximate surface area is 218 Å². The minimum absolute atomic E-state index is 0.00383. The minimum Gasteiger partial charge on any atom is -0.484 e. The van der Waals surface area contributed by atoms with Crippen LogP contribution in [0.2, 0.25) is 5.02 Å². The molecule has 10 heteroatoms. The molecule has 0 aromatic heterocycles. The lowest BCUT2D eigenvalue weighted by Gasteiger charge is -2.57. The van der Waals surface area contributed by atoms with Gasteiger partial charge in [0, 0.05) is 25.2 Å². The molecule has 2 bridgehead atoms. The number of hydrogen-bond donors (Lipinski definition) is 1. The van der Waals surface area contributed by atoms with E-state index in [1.54, 1.807) is 11.9 Å². The Kier molecular flexibility index (Phi) is 7.48. The van der Waals surface area contributed by atoms with Crippen LogP contribution in [0.4, 0.5) is 17.6 Å². The predicted octanol–water partition coefficient (Wildman–Crippen LogP) is 5.99. The predicted molar refractivity (Wildman–Crippen MR) is 130 cm³/mol. The molecule has 37 heavy (non-hydrogen) atoms. The fraction of sp³-hybridized carbons (Fsp3) is 0.481. The zero-order valence-corrected chi connectivity index (χ0v) is 21.4. The van der Waals surface area contributed by atoms with Crippen molar-refractivity contribution in [1.82, 2.24) is 10.2 Å². The summed E-state index contributed by atoms with van der Waals surface area (Å²) in [4.78, 5) is 27.8. The lowest BCUT2D eigenvalue weighted by molar-refractivity contribution is -0.156. The first-order valence-corrected chi connectivity index (χ1v) is 12.5. The Balaban J connectivity index is 1.34. The topological polar surface area (TPSA) is 58.6 Å². The van der Waals surface area contributed by atoms with Gasteiger partial charge in [-0.05, 0) is 67.9 Å². The molecule has 3 aliphatic carbocycles. The van der Waals surface area contributed by atoms with Crippen LogP contribution in [0.5, 0.6) is 5.75 Å². The second-order valence-electron chi connectivity index (χ2n) is 10.3. The van der Waals surface area contributed by atoms with E-state index < -0.39 is 28.5 Å². The molecule has 3 aliphatic rings. The number of fused-ring (bicyclic) bond motifs is 3. The molecular formula is C27H29ClF4N2O3. The van der Waals surface area contributed by atoms with Gasteiger partial charge in [0.2, 0.25) is 5.91 Å². The Morgan fingerprint density at radius 2 is 1.76 bits per heavy atom. The monoisotopic (exact) mass is 540 g/mol. The van der Waals surface area contributed by atoms with Crippen molar-refractivity contribution in [2.45, 2.75) is 57.3 Å². The summed E-state index contributed by atoms with van der Waals surface area (Å²) in [6.07, 6.45) is -1.28. The number of rotatable bonds is 7. The highest BCUT2D eigenvalue weighted by Gasteiger charge is 2.57. The van der Waals surface area contributed by atoms with Crippen LogP contribution >= 0.6 is 11.6 Å². The average Bonchev–Trinajstić information content (AvgIpc) is 2.84. The number of nitrogens with zero attached hydrogens (tertiary/aromatic N) is 1. The lowest BCUT2D eigenvalue weighted by atomic mass is 9.52. The van der Waals surface area contributed by atoms with Crippen LogP contribution in [0.3, 0.4) is 0 Å². The molecule has 0 radical (unpaired) electrons. The van der Waals surface area contributed by atoms with Gasteiger partial charge in [0.15, 0.2) is 6.61 Å². The number of alkyl halides is 3. The maximum atomic E-state index is 13.6. The summed E-state index contributed by atoms with van der Waals surface area (Å²) in [6, 6.07) is 8.82. The van der Waals surface area contributed by atoms with E-state index in [1.807, 2.05) is 6.92 Å². The fourth-order valence-corrected chi connectivity index (χ4v) is 5.94. The Morgan fingerprint density at radius 1 is 1.11 bits per heavy atom. The van der Waals surface area contributed by atoms with E-state index in [9.17, 15) is 27.2 Å². The third kappa shape index (κ3) is 5.71. The summed E-state index contributed by atoms with van der Waals surface area (Å²) in [5.74, 6) is -0.758. The summed E-state index contributed by atoms with van der Waals surface area (Å²) in [6.45, 7) is 1.96. The lowest BCUT2D eigenvalue weighted by Crippen LogP contribution is -2.63. The summed E-state index contributed by atoms with van der Waals surface area (Å²) in [7, 11) is 1.68. The minimum atomic E-state index is -4.40. The van der Waals surface area contributed by atoms with Crippen molar-refractivity contribution < 1.29 is 31.9 Å². The molecule has 1 unspecified atom stereocenters. The van der Waals surface area contributed by atoms with E-state index in [0.29, 0.717) is 37.7 Å². The molecule has 5 nitrogen and oxygen atoms in total. The van der Waals surface area contributed by atoms with E-state index in [0.717, 1.165) is 18.2 Å². The highest BCUT2D eigenvalue weighted by atomic mass is 35.5. The first kappa shape index (κ1) is 27.2. The van der Waals surface area contributed by atoms with Crippen molar-refractivity contribution in [1.29, 1.82) is 0 Å². The van der Waals surface area contributed by atoms with Gasteiger partial charge >= 0.3 is 6.18 Å². The maximum Gasteiger partial charge on any atom is 0.416 e. The summed E-state index contributed by atoms with van der Waals surface area (Å²) in [5.41, 5.74) is -1.09. The number of ether oxygens (including phenoxy) is 1. The van der Waals surface area contributed by atoms with Crippen LogP contribution in [0.15, 0.2) is 42.5 Å². The van der Waals surface area contributed by atoms with Crippen molar-refractivity contribution in [3.63, 3.8) is 0 Å². The molecule has 2 aromatic carbocycles. The number of halogens is 5. The first-order valence-electron chi connectivity index (χ1n) is 12.1. The van der Waals surface area contributed by atoms with Crippen molar-refractivity contribution in [3.05, 3.63) is 64.4 Å². The smallest absolute Gasteiger partial charge is 0.416 e. The molecular weight excluding hydrogens is 512 g/mol. The van der Waals surface area contributed by atoms with E-state index in [-0.39, 0.29) is 41.7 Å². The van der Waals surface area contributed by atoms with Gasteiger partial charge < -0.3 is 15.0 Å². The molecule has 5 rings (SSSR count). The average molecular weight is 541 g/mol. The maximum absolute atomic E-state index is 13.6. The number of hydrogen-bond acceptors (Lipinski definition) is 3. The van der Waals surface area contributed by atoms with Gasteiger partial charge in [-0.3, -0.25) is 9.59 Å². The third-order valence-electron chi connectivity index (χ3n) is 7.88. The highest BCUT2D eigenvalue weighted by Crippen LogP contribution is 2.56. The number of amides is 2. The van der Waals surface area contributed by atoms with E-state index in [2.05, 4.69) is 5.32 Å². The fourth-order valence-electron chi connectivity index (χ4n) is 5.83. The Morgan fingerprint density at radius 3 is 2.32 bits per heavy atom. The van der Waals surface area contributed by atoms with Crippen LogP contribution in [0.25, 0.3) is 0 Å². The van der Waals surface area contributed by atoms with Gasteiger partial charge in [0.05, 0.1) is 16.0 Å². The normalized spacial score (nSPS) is 25.0. The molecule has 0 aliphatic heterocycles. The zero-order chi connectivity index (χ0) is 27.0. The Bertz CT molecular complexity index is 1160. The molecule has 2 aromatic rings. The van der Waals surface area contributed by atoms with Gasteiger partial charge in [0.1, 0.15) is 11.6 Å². The van der Waals surface area contributed by atoms with Crippen LogP contribution in [0, 0.1) is 17.2 Å². The van der Waals surface area contributed by atoms with Crippen molar-refractivity contribution in [2.24, 2.45) is 11.3 Å². The molecule has 1 atom stereocenters. The van der Waals surface area contributed by atoms with Crippen LogP contribution in [-0.4, -0.2) is 35.9 Å². The molecule has 0 saturated heterocycles. The Hall–Kier alpha value is -2.81. The van der Waals surface area contributed by atoms with E-state index in [4.69, 9.17) is 16.3 Å². The second kappa shape index (κ2) is 10.2. The highest BCUT2D eigenvalue weighted by molar-refractivity contribution is 6.30. The molecule has 3 saturated carbocycles. The van der Waals surface area contributed by atoms with Gasteiger partial charge in [-0.2, -0.15) is 13.2 Å². The zero-order valence-electron chi connectivity index (χ0n) is 20.6. The summed E-state index contributed by atoms with van der Waals surface area (Å²) < 4.78 is 57.5. The second-order valence-corrected chi connectivity index (χ2v) is 10.7. The molecule has 3 fully saturated rings. The number of carbonyl (C=O) groups is 2. The summed E-state index contributed by atoms with van der Waals surface area (Å²) >= 11 is 5.67. The van der Waals surface area contributed by atoms with Gasteiger partial charge in [-0.15, -0.1) is 0 Å². The van der Waals surface area contributed by atoms with E-state index >= 15 is 0 Å². The molecule has 200 valence electrons. The molecule has 0 heterocycles. The van der Waals surface area contributed by atoms with Crippen molar-refractivity contribution in [2.75, 3.05) is 13.7 Å². The first-order chi connectivity index (χ1) is 17.3. The summed E-state index contributed by atoms with van der Waals surface area (Å²) in [5, 5.41) is 3.06. The number of benzene rings is 2. The number of nitrogens with one attached hydrogen (secondary N) is 1. The van der Waals surface area contributed by atoms with E-state index in [1.165, 1.54) is 24.3 Å². The van der Waals surface area contributed by atoms with Crippen molar-refractivity contribution in [3.8, 4) is 5.75 Å². The van der Waals surface area contributed by atoms with Crippen LogP contribution in [0.1, 0.15) is 50.2 Å². The van der Waals surface area contributed by atoms with Crippen molar-refractivity contribution >= 4 is 23.4 Å². The van der Waals surface area contributed by atoms with Gasteiger partial charge in [-0.25, -0.2) is 4.39 Å². The largest absolute Gasteiger partial charge is 0.484 e. The quantitative estimate of drug-likeness (QED) is 0.439. The number of carbonyl (C=O) groups excluding carboxylic acids is 2. The van der Waals surface area contributed by atoms with Gasteiger partial charge in [0.25, 0.3) is 5.91 Å². The SMILES string of the molecule is CC1CC2(NC(=O)COc3ccc(Cl)c(F)c3)CCC1(C(=O)N(C)Cc1ccc(C(F)(F)F)cc1)CC2. The molecule has 1 N–H and O–H groups in total. The third-order valence-corrected chi connectivity index (χ3v) is 8.19. The standard InChI is InChI=1S/C27H29ClF4N2O3/c1-17-14-25(33-23(35)16-37-20-7-8-21(28)22(29)13-20)9-11-26(17,12-10-25)24(36)34(2)15-18-3-5-19(6-4-18)27(30,31)32/h3-8,13,17H,9-12,14-16H2,1-2H3,(H,33,35). The van der Waals surface area contributed by atoms with Gasteiger partial charge in [-0.1, -0.05) is 30.7 Å².